The molecule has 190 valence electrons. The third-order valence-corrected chi connectivity index (χ3v) is 5.15. The Morgan fingerprint density at radius 2 is 1.86 bits per heavy atom. The summed E-state index contributed by atoms with van der Waals surface area (Å²) < 4.78 is 44.8. The number of nitrogens with one attached hydrogen (secondary N) is 2. The quantitative estimate of drug-likeness (QED) is 0.303. The van der Waals surface area contributed by atoms with Crippen molar-refractivity contribution in [2.24, 2.45) is 0 Å². The minimum atomic E-state index is -4.57. The van der Waals surface area contributed by atoms with Crippen molar-refractivity contribution < 1.29 is 37.5 Å². The molecule has 2 amide bonds. The van der Waals surface area contributed by atoms with Crippen molar-refractivity contribution in [2.75, 3.05) is 13.7 Å². The van der Waals surface area contributed by atoms with Gasteiger partial charge in [-0.1, -0.05) is 35.5 Å². The van der Waals surface area contributed by atoms with Gasteiger partial charge < -0.3 is 25.4 Å². The van der Waals surface area contributed by atoms with Crippen molar-refractivity contribution in [3.8, 4) is 5.75 Å². The van der Waals surface area contributed by atoms with Gasteiger partial charge in [-0.05, 0) is 30.2 Å². The van der Waals surface area contributed by atoms with Gasteiger partial charge in [0.2, 0.25) is 0 Å². The second-order valence-corrected chi connectivity index (χ2v) is 7.72. The van der Waals surface area contributed by atoms with Gasteiger partial charge in [0.15, 0.2) is 5.69 Å². The van der Waals surface area contributed by atoms with Crippen LogP contribution in [0.2, 0.25) is 0 Å². The number of hydrogen-bond donors (Lipinski definition) is 4. The van der Waals surface area contributed by atoms with Gasteiger partial charge in [0.05, 0.1) is 36.9 Å². The smallest absolute Gasteiger partial charge is 0.475 e. The van der Waals surface area contributed by atoms with Crippen LogP contribution in [0, 0.1) is 0 Å². The summed E-state index contributed by atoms with van der Waals surface area (Å²) >= 11 is 0. The average Bonchev–Trinajstić information content (AvgIpc) is 3.32. The van der Waals surface area contributed by atoms with Crippen molar-refractivity contribution in [3.63, 3.8) is 0 Å². The van der Waals surface area contributed by atoms with Crippen LogP contribution >= 0.6 is 0 Å². The molecular formula is C22H23BF3N5O5. The fourth-order valence-corrected chi connectivity index (χ4v) is 3.29. The molecule has 1 heterocycles. The van der Waals surface area contributed by atoms with Crippen molar-refractivity contribution in [2.45, 2.75) is 25.1 Å². The Hall–Kier alpha value is -3.91. The SMILES string of the molecule is COc1cc(C(F)(F)F)ccc1C(=O)NCCn1cc(C(=O)N[C@@H](Cc2ccccc2)B(O)O)nn1. The zero-order chi connectivity index (χ0) is 26.3. The van der Waals surface area contributed by atoms with Crippen LogP contribution in [0.25, 0.3) is 0 Å². The maximum atomic E-state index is 12.9. The number of carbonyl (C=O) groups is 2. The average molecular weight is 505 g/mol. The number of halogens is 3. The highest BCUT2D eigenvalue weighted by atomic mass is 19.4. The molecular weight excluding hydrogens is 482 g/mol. The van der Waals surface area contributed by atoms with E-state index >= 15 is 0 Å². The number of hydrogen-bond acceptors (Lipinski definition) is 7. The number of aromatic nitrogens is 3. The number of nitrogens with zero attached hydrogens (tertiary/aromatic N) is 3. The Morgan fingerprint density at radius 1 is 1.14 bits per heavy atom. The number of alkyl halides is 3. The summed E-state index contributed by atoms with van der Waals surface area (Å²) in [6.45, 7) is 0.129. The molecule has 0 bridgehead atoms. The van der Waals surface area contributed by atoms with Gasteiger partial charge in [0.25, 0.3) is 11.8 Å². The van der Waals surface area contributed by atoms with Crippen LogP contribution in [-0.4, -0.2) is 63.6 Å². The van der Waals surface area contributed by atoms with E-state index in [1.54, 1.807) is 24.3 Å². The Morgan fingerprint density at radius 3 is 2.50 bits per heavy atom. The number of amides is 2. The van der Waals surface area contributed by atoms with Gasteiger partial charge in [-0.2, -0.15) is 13.2 Å². The second kappa shape index (κ2) is 11.7. The number of rotatable bonds is 10. The predicted molar refractivity (Wildman–Crippen MR) is 122 cm³/mol. The van der Waals surface area contributed by atoms with Gasteiger partial charge in [0.1, 0.15) is 5.75 Å². The Kier molecular flexibility index (Phi) is 8.66. The van der Waals surface area contributed by atoms with E-state index in [0.29, 0.717) is 0 Å². The van der Waals surface area contributed by atoms with Crippen LogP contribution in [0.3, 0.4) is 0 Å². The molecule has 3 aromatic rings. The van der Waals surface area contributed by atoms with Gasteiger partial charge in [-0.3, -0.25) is 9.59 Å². The summed E-state index contributed by atoms with van der Waals surface area (Å²) in [6, 6.07) is 11.5. The van der Waals surface area contributed by atoms with Gasteiger partial charge in [-0.15, -0.1) is 5.10 Å². The van der Waals surface area contributed by atoms with E-state index in [9.17, 15) is 32.8 Å². The number of benzene rings is 2. The molecule has 0 spiro atoms. The van der Waals surface area contributed by atoms with Crippen molar-refractivity contribution in [1.29, 1.82) is 0 Å². The van der Waals surface area contributed by atoms with Gasteiger partial charge in [-0.25, -0.2) is 4.68 Å². The summed E-state index contributed by atoms with van der Waals surface area (Å²) in [4.78, 5) is 24.9. The summed E-state index contributed by atoms with van der Waals surface area (Å²) in [5, 5.41) is 31.8. The molecule has 0 saturated heterocycles. The molecule has 1 atom stereocenters. The molecule has 10 nitrogen and oxygen atoms in total. The van der Waals surface area contributed by atoms with Crippen LogP contribution in [0.15, 0.2) is 54.7 Å². The topological polar surface area (TPSA) is 139 Å². The van der Waals surface area contributed by atoms with E-state index in [1.165, 1.54) is 10.9 Å². The predicted octanol–water partition coefficient (Wildman–Crippen LogP) is 1.09. The van der Waals surface area contributed by atoms with E-state index in [-0.39, 0.29) is 36.5 Å². The van der Waals surface area contributed by atoms with E-state index in [4.69, 9.17) is 4.74 Å². The number of methoxy groups -OCH3 is 1. The first-order valence-corrected chi connectivity index (χ1v) is 10.7. The lowest BCUT2D eigenvalue weighted by atomic mass is 9.76. The largest absolute Gasteiger partial charge is 0.496 e. The lowest BCUT2D eigenvalue weighted by Crippen LogP contribution is -2.48. The third kappa shape index (κ3) is 7.05. The molecule has 0 aliphatic carbocycles. The van der Waals surface area contributed by atoms with Crippen LogP contribution in [0.4, 0.5) is 13.2 Å². The molecule has 36 heavy (non-hydrogen) atoms. The fourth-order valence-electron chi connectivity index (χ4n) is 3.29. The number of carbonyl (C=O) groups excluding carboxylic acids is 2. The summed E-state index contributed by atoms with van der Waals surface area (Å²) in [5.74, 6) is -2.53. The van der Waals surface area contributed by atoms with Crippen LogP contribution in [0.5, 0.6) is 5.75 Å². The molecule has 4 N–H and O–H groups in total. The lowest BCUT2D eigenvalue weighted by molar-refractivity contribution is -0.137. The van der Waals surface area contributed by atoms with E-state index < -0.39 is 36.6 Å². The van der Waals surface area contributed by atoms with Gasteiger partial charge >= 0.3 is 13.3 Å². The molecule has 0 radical (unpaired) electrons. The van der Waals surface area contributed by atoms with E-state index in [0.717, 1.165) is 30.9 Å². The second-order valence-electron chi connectivity index (χ2n) is 7.72. The minimum Gasteiger partial charge on any atom is -0.496 e. The molecule has 0 aliphatic rings. The Bertz CT molecular complexity index is 1190. The lowest BCUT2D eigenvalue weighted by Gasteiger charge is -2.17. The van der Waals surface area contributed by atoms with Crippen LogP contribution < -0.4 is 15.4 Å². The molecule has 1 aromatic heterocycles. The Labute approximate surface area is 204 Å². The van der Waals surface area contributed by atoms with Crippen LogP contribution in [-0.2, 0) is 19.1 Å². The standard InChI is InChI=1S/C22H23BF3N5O5/c1-36-18-12-15(22(24,25)26)7-8-16(18)20(32)27-9-10-31-13-17(29-30-31)21(33)28-19(23(34)35)11-14-5-3-2-4-6-14/h2-8,12-13,19,34-35H,9-11H2,1H3,(H,27,32)(H,28,33)/t19-/m0/s1. The molecule has 2 aromatic carbocycles. The fraction of sp³-hybridized carbons (Fsp3) is 0.273. The molecule has 3 rings (SSSR count). The zero-order valence-electron chi connectivity index (χ0n) is 19.1. The first kappa shape index (κ1) is 26.7. The normalized spacial score (nSPS) is 12.1. The summed E-state index contributed by atoms with van der Waals surface area (Å²) in [5.41, 5.74) is -0.301. The van der Waals surface area contributed by atoms with Crippen LogP contribution in [0.1, 0.15) is 32.0 Å². The highest BCUT2D eigenvalue weighted by molar-refractivity contribution is 6.43. The molecule has 0 fully saturated rings. The minimum absolute atomic E-state index is 0.0272. The molecule has 0 unspecified atom stereocenters. The molecule has 14 heteroatoms. The van der Waals surface area contributed by atoms with Crippen molar-refractivity contribution >= 4 is 18.9 Å². The highest BCUT2D eigenvalue weighted by Gasteiger charge is 2.32. The van der Waals surface area contributed by atoms with Crippen molar-refractivity contribution in [3.05, 3.63) is 77.1 Å². The first-order valence-electron chi connectivity index (χ1n) is 10.7. The molecule has 0 aliphatic heterocycles. The van der Waals surface area contributed by atoms with Gasteiger partial charge in [0, 0.05) is 6.54 Å². The summed E-state index contributed by atoms with van der Waals surface area (Å²) in [6.07, 6.45) is -3.09. The van der Waals surface area contributed by atoms with E-state index in [2.05, 4.69) is 20.9 Å². The Balaban J connectivity index is 1.55. The summed E-state index contributed by atoms with van der Waals surface area (Å²) in [7, 11) is -0.643. The van der Waals surface area contributed by atoms with Crippen molar-refractivity contribution in [1.82, 2.24) is 25.6 Å². The third-order valence-electron chi connectivity index (χ3n) is 5.15. The highest BCUT2D eigenvalue weighted by Crippen LogP contribution is 2.33. The maximum absolute atomic E-state index is 12.9. The zero-order valence-corrected chi connectivity index (χ0v) is 19.1. The maximum Gasteiger partial charge on any atom is 0.475 e. The van der Waals surface area contributed by atoms with E-state index in [1.807, 2.05) is 6.07 Å². The molecule has 0 saturated carbocycles. The first-order chi connectivity index (χ1) is 17.1. The number of ether oxygens (including phenoxy) is 1. The monoisotopic (exact) mass is 505 g/mol.